The molecule has 2 aliphatic heterocycles. The highest BCUT2D eigenvalue weighted by Gasteiger charge is 2.41. The third kappa shape index (κ3) is 5.33. The Morgan fingerprint density at radius 3 is 2.39 bits per heavy atom. The maximum Gasteiger partial charge on any atom is 0.338 e. The van der Waals surface area contributed by atoms with Crippen molar-refractivity contribution < 1.29 is 28.5 Å². The monoisotopic (exact) mass is 475 g/mol. The number of fused-ring (bicyclic) bond motifs is 1. The Hall–Kier alpha value is -2.98. The van der Waals surface area contributed by atoms with E-state index in [0.29, 0.717) is 47.5 Å². The minimum Gasteiger partial charge on any atom is -0.497 e. The first kappa shape index (κ1) is 24.7. The van der Waals surface area contributed by atoms with Gasteiger partial charge in [-0.25, -0.2) is 9.79 Å². The van der Waals surface area contributed by atoms with Crippen LogP contribution in [0.15, 0.2) is 45.6 Å². The largest absolute Gasteiger partial charge is 0.497 e. The summed E-state index contributed by atoms with van der Waals surface area (Å²) >= 11 is 1.42. The van der Waals surface area contributed by atoms with E-state index in [-0.39, 0.29) is 12.3 Å². The minimum absolute atomic E-state index is 0.128. The molecular formula is C23H29N3O6S. The molecule has 2 aliphatic rings. The van der Waals surface area contributed by atoms with Crippen LogP contribution in [0.1, 0.15) is 31.4 Å². The van der Waals surface area contributed by atoms with Gasteiger partial charge in [-0.2, -0.15) is 0 Å². The molecule has 10 heteroatoms. The number of ether oxygens (including phenoxy) is 4. The lowest BCUT2D eigenvalue weighted by Crippen LogP contribution is -2.38. The summed E-state index contributed by atoms with van der Waals surface area (Å²) < 4.78 is 21.1. The Morgan fingerprint density at radius 1 is 1.12 bits per heavy atom. The van der Waals surface area contributed by atoms with Gasteiger partial charge < -0.3 is 29.2 Å². The fourth-order valence-electron chi connectivity index (χ4n) is 3.73. The smallest absolute Gasteiger partial charge is 0.338 e. The standard InChI is InChI=1S/C23H29N3O6S/c1-6-18-20(22(28)32-5)21(14-9-16(30-3)12-17(10-14)31-4)26-15(13-33-23(26)25-18)11-19(27)24-7-8-29-2/h9-10,12-13,21H,6-8,11H2,1-5H3,(H,24,27)/t21-/m1/s1. The number of nitrogens with zero attached hydrogens (tertiary/aromatic N) is 2. The van der Waals surface area contributed by atoms with E-state index < -0.39 is 12.0 Å². The van der Waals surface area contributed by atoms with Crippen LogP contribution in [-0.2, 0) is 19.1 Å². The number of carbonyl (C=O) groups excluding carboxylic acids is 2. The number of rotatable bonds is 10. The summed E-state index contributed by atoms with van der Waals surface area (Å²) in [7, 11) is 6.08. The zero-order valence-electron chi connectivity index (χ0n) is 19.5. The van der Waals surface area contributed by atoms with E-state index in [4.69, 9.17) is 23.9 Å². The van der Waals surface area contributed by atoms with Crippen molar-refractivity contribution in [3.05, 3.63) is 46.1 Å². The molecule has 0 aromatic heterocycles. The summed E-state index contributed by atoms with van der Waals surface area (Å²) in [6.07, 6.45) is 0.677. The highest BCUT2D eigenvalue weighted by atomic mass is 32.2. The van der Waals surface area contributed by atoms with Crippen molar-refractivity contribution in [1.29, 1.82) is 0 Å². The maximum absolute atomic E-state index is 13.0. The molecule has 0 saturated heterocycles. The summed E-state index contributed by atoms with van der Waals surface area (Å²) in [6, 6.07) is 4.91. The first-order valence-corrected chi connectivity index (χ1v) is 11.4. The predicted octanol–water partition coefficient (Wildman–Crippen LogP) is 2.99. The maximum atomic E-state index is 13.0. The van der Waals surface area contributed by atoms with Gasteiger partial charge in [-0.05, 0) is 29.5 Å². The van der Waals surface area contributed by atoms with E-state index in [1.807, 2.05) is 29.4 Å². The lowest BCUT2D eigenvalue weighted by atomic mass is 9.92. The average Bonchev–Trinajstić information content (AvgIpc) is 3.23. The molecule has 0 saturated carbocycles. The van der Waals surface area contributed by atoms with Crippen LogP contribution in [0.3, 0.4) is 0 Å². The first-order chi connectivity index (χ1) is 16.0. The number of methoxy groups -OCH3 is 4. The summed E-state index contributed by atoms with van der Waals surface area (Å²) in [5.41, 5.74) is 2.56. The van der Waals surface area contributed by atoms with E-state index in [1.165, 1.54) is 18.9 Å². The summed E-state index contributed by atoms with van der Waals surface area (Å²) in [5, 5.41) is 5.43. The molecule has 0 bridgehead atoms. The van der Waals surface area contributed by atoms with Crippen LogP contribution in [0.4, 0.5) is 0 Å². The molecule has 1 amide bonds. The number of carbonyl (C=O) groups is 2. The fraction of sp³-hybridized carbons (Fsp3) is 0.435. The van der Waals surface area contributed by atoms with Gasteiger partial charge in [-0.15, -0.1) is 0 Å². The SMILES string of the molecule is CCC1=C(C(=O)OC)[C@@H](c2cc(OC)cc(OC)c2)N2C(CC(=O)NCCOC)=CSC2=N1. The van der Waals surface area contributed by atoms with Crippen molar-refractivity contribution >= 4 is 28.8 Å². The molecule has 33 heavy (non-hydrogen) atoms. The van der Waals surface area contributed by atoms with Gasteiger partial charge in [0.2, 0.25) is 5.91 Å². The van der Waals surface area contributed by atoms with Gasteiger partial charge in [0.05, 0.1) is 51.7 Å². The molecule has 3 rings (SSSR count). The summed E-state index contributed by atoms with van der Waals surface area (Å²) in [6.45, 7) is 2.79. The van der Waals surface area contributed by atoms with Crippen molar-refractivity contribution in [3.8, 4) is 11.5 Å². The molecule has 2 heterocycles. The lowest BCUT2D eigenvalue weighted by molar-refractivity contribution is -0.136. The molecule has 1 aromatic rings. The highest BCUT2D eigenvalue weighted by molar-refractivity contribution is 8.16. The van der Waals surface area contributed by atoms with Crippen molar-refractivity contribution in [2.24, 2.45) is 4.99 Å². The first-order valence-electron chi connectivity index (χ1n) is 10.5. The van der Waals surface area contributed by atoms with E-state index in [1.54, 1.807) is 27.4 Å². The molecule has 0 fully saturated rings. The number of hydrogen-bond donors (Lipinski definition) is 1. The van der Waals surface area contributed by atoms with E-state index >= 15 is 0 Å². The van der Waals surface area contributed by atoms with Crippen molar-refractivity contribution in [2.75, 3.05) is 41.6 Å². The van der Waals surface area contributed by atoms with E-state index in [9.17, 15) is 9.59 Å². The van der Waals surface area contributed by atoms with Crippen molar-refractivity contribution in [3.63, 3.8) is 0 Å². The Bertz CT molecular complexity index is 982. The zero-order chi connectivity index (χ0) is 24.0. The average molecular weight is 476 g/mol. The molecule has 9 nitrogen and oxygen atoms in total. The number of nitrogens with one attached hydrogen (secondary N) is 1. The number of hydrogen-bond acceptors (Lipinski definition) is 9. The molecule has 1 aromatic carbocycles. The van der Waals surface area contributed by atoms with E-state index in [2.05, 4.69) is 5.32 Å². The number of thioether (sulfide) groups is 1. The van der Waals surface area contributed by atoms with Crippen LogP contribution < -0.4 is 14.8 Å². The number of aliphatic imine (C=N–C) groups is 1. The quantitative estimate of drug-likeness (QED) is 0.407. The third-order valence-corrected chi connectivity index (χ3v) is 6.18. The van der Waals surface area contributed by atoms with Gasteiger partial charge >= 0.3 is 5.97 Å². The van der Waals surface area contributed by atoms with Crippen LogP contribution in [0.25, 0.3) is 0 Å². The number of amides is 1. The molecule has 1 atom stereocenters. The van der Waals surface area contributed by atoms with Crippen LogP contribution in [-0.4, -0.2) is 63.5 Å². The van der Waals surface area contributed by atoms with Crippen molar-refractivity contribution in [2.45, 2.75) is 25.8 Å². The molecule has 178 valence electrons. The zero-order valence-corrected chi connectivity index (χ0v) is 20.3. The van der Waals surface area contributed by atoms with Crippen LogP contribution >= 0.6 is 11.8 Å². The second-order valence-corrected chi connectivity index (χ2v) is 8.10. The molecule has 0 aliphatic carbocycles. The normalized spacial score (nSPS) is 17.2. The number of benzene rings is 1. The highest BCUT2D eigenvalue weighted by Crippen LogP contribution is 2.46. The molecule has 1 N–H and O–H groups in total. The molecule has 0 unspecified atom stereocenters. The van der Waals surface area contributed by atoms with E-state index in [0.717, 1.165) is 11.3 Å². The van der Waals surface area contributed by atoms with Crippen molar-refractivity contribution in [1.82, 2.24) is 10.2 Å². The third-order valence-electron chi connectivity index (χ3n) is 5.29. The van der Waals surface area contributed by atoms with Crippen LogP contribution in [0.2, 0.25) is 0 Å². The molecule has 0 radical (unpaired) electrons. The lowest BCUT2D eigenvalue weighted by Gasteiger charge is -2.36. The Labute approximate surface area is 197 Å². The molecular weight excluding hydrogens is 446 g/mol. The predicted molar refractivity (Wildman–Crippen MR) is 126 cm³/mol. The summed E-state index contributed by atoms with van der Waals surface area (Å²) in [5.74, 6) is 0.560. The Morgan fingerprint density at radius 2 is 1.82 bits per heavy atom. The van der Waals surface area contributed by atoms with Gasteiger partial charge in [-0.3, -0.25) is 4.79 Å². The number of allylic oxidation sites excluding steroid dienone is 1. The van der Waals surface area contributed by atoms with Gasteiger partial charge in [-0.1, -0.05) is 18.7 Å². The Balaban J connectivity index is 2.07. The number of amidine groups is 1. The van der Waals surface area contributed by atoms with Gasteiger partial charge in [0.25, 0.3) is 0 Å². The summed E-state index contributed by atoms with van der Waals surface area (Å²) in [4.78, 5) is 32.2. The van der Waals surface area contributed by atoms with Gasteiger partial charge in [0.15, 0.2) is 5.17 Å². The fourth-order valence-corrected chi connectivity index (χ4v) is 4.67. The molecule has 0 spiro atoms. The second-order valence-electron chi connectivity index (χ2n) is 7.26. The Kier molecular flexibility index (Phi) is 8.40. The second kappa shape index (κ2) is 11.2. The minimum atomic E-state index is -0.558. The number of esters is 1. The van der Waals surface area contributed by atoms with Gasteiger partial charge in [0.1, 0.15) is 11.5 Å². The van der Waals surface area contributed by atoms with Crippen LogP contribution in [0.5, 0.6) is 11.5 Å². The topological polar surface area (TPSA) is 98.7 Å². The van der Waals surface area contributed by atoms with Gasteiger partial charge in [0, 0.05) is 25.4 Å². The van der Waals surface area contributed by atoms with Crippen LogP contribution in [0, 0.1) is 0 Å².